The van der Waals surface area contributed by atoms with Gasteiger partial charge in [0.15, 0.2) is 0 Å². The second-order valence-corrected chi connectivity index (χ2v) is 4.62. The highest BCUT2D eigenvalue weighted by Gasteiger charge is 2.03. The summed E-state index contributed by atoms with van der Waals surface area (Å²) in [5.74, 6) is 0. The average Bonchev–Trinajstić information content (AvgIpc) is 2.44. The summed E-state index contributed by atoms with van der Waals surface area (Å²) < 4.78 is 5.43. The third-order valence-electron chi connectivity index (χ3n) is 2.78. The summed E-state index contributed by atoms with van der Waals surface area (Å²) >= 11 is 0. The zero-order chi connectivity index (χ0) is 13.8. The molecule has 5 nitrogen and oxygen atoms in total. The topological polar surface area (TPSA) is 67.3 Å². The molecule has 1 rings (SSSR count). The summed E-state index contributed by atoms with van der Waals surface area (Å²) in [7, 11) is 0. The van der Waals surface area contributed by atoms with Crippen LogP contribution in [0, 0.1) is 0 Å². The van der Waals surface area contributed by atoms with Gasteiger partial charge in [-0.15, -0.1) is 0 Å². The highest BCUT2D eigenvalue weighted by molar-refractivity contribution is 4.96. The van der Waals surface area contributed by atoms with Crippen molar-refractivity contribution in [3.63, 3.8) is 0 Å². The van der Waals surface area contributed by atoms with Gasteiger partial charge in [-0.2, -0.15) is 0 Å². The van der Waals surface area contributed by atoms with Crippen LogP contribution in [-0.2, 0) is 11.3 Å². The number of hydrogen-bond acceptors (Lipinski definition) is 5. The van der Waals surface area contributed by atoms with Crippen molar-refractivity contribution >= 4 is 0 Å². The second-order valence-electron chi connectivity index (χ2n) is 4.62. The van der Waals surface area contributed by atoms with Gasteiger partial charge in [-0.05, 0) is 12.5 Å². The maximum Gasteiger partial charge on any atom is 0.115 e. The molecule has 1 atom stereocenters. The van der Waals surface area contributed by atoms with E-state index in [0.29, 0.717) is 19.7 Å². The van der Waals surface area contributed by atoms with Gasteiger partial charge >= 0.3 is 0 Å². The van der Waals surface area contributed by atoms with Crippen molar-refractivity contribution in [1.29, 1.82) is 0 Å². The van der Waals surface area contributed by atoms with Gasteiger partial charge in [0.2, 0.25) is 0 Å². The highest BCUT2D eigenvalue weighted by Crippen LogP contribution is 1.99. The molecule has 0 aromatic carbocycles. The van der Waals surface area contributed by atoms with Crippen LogP contribution in [0.25, 0.3) is 0 Å². The molecule has 1 aromatic rings. The van der Waals surface area contributed by atoms with Crippen LogP contribution in [0.1, 0.15) is 38.3 Å². The first-order valence-electron chi connectivity index (χ1n) is 7.04. The van der Waals surface area contributed by atoms with Crippen LogP contribution in [0.5, 0.6) is 0 Å². The largest absolute Gasteiger partial charge is 0.389 e. The summed E-state index contributed by atoms with van der Waals surface area (Å²) in [6.07, 6.45) is 7.54. The molecule has 1 heterocycles. The Morgan fingerprint density at radius 1 is 1.37 bits per heavy atom. The van der Waals surface area contributed by atoms with E-state index in [1.54, 1.807) is 6.20 Å². The minimum absolute atomic E-state index is 0.392. The van der Waals surface area contributed by atoms with E-state index < -0.39 is 6.10 Å². The fourth-order valence-electron chi connectivity index (χ4n) is 1.70. The van der Waals surface area contributed by atoms with E-state index in [1.807, 2.05) is 6.07 Å². The third kappa shape index (κ3) is 8.64. The van der Waals surface area contributed by atoms with E-state index in [2.05, 4.69) is 22.2 Å². The van der Waals surface area contributed by atoms with Gasteiger partial charge < -0.3 is 15.2 Å². The van der Waals surface area contributed by atoms with E-state index in [9.17, 15) is 5.11 Å². The van der Waals surface area contributed by atoms with Gasteiger partial charge in [0, 0.05) is 25.9 Å². The van der Waals surface area contributed by atoms with Crippen LogP contribution in [-0.4, -0.2) is 40.9 Å². The molecule has 108 valence electrons. The van der Waals surface area contributed by atoms with Crippen molar-refractivity contribution in [2.75, 3.05) is 19.8 Å². The molecular weight excluding hydrogens is 242 g/mol. The van der Waals surface area contributed by atoms with Gasteiger partial charge in [-0.25, -0.2) is 9.97 Å². The molecule has 5 heteroatoms. The maximum atomic E-state index is 9.71. The quantitative estimate of drug-likeness (QED) is 0.595. The lowest BCUT2D eigenvalue weighted by Gasteiger charge is -2.12. The molecule has 0 radical (unpaired) electrons. The van der Waals surface area contributed by atoms with Crippen molar-refractivity contribution in [1.82, 2.24) is 15.3 Å². The second kappa shape index (κ2) is 10.8. The van der Waals surface area contributed by atoms with E-state index in [4.69, 9.17) is 4.74 Å². The van der Waals surface area contributed by atoms with Gasteiger partial charge in [0.25, 0.3) is 0 Å². The molecular formula is C14H25N3O2. The SMILES string of the molecule is CCCCCCOCC(O)CNCc1ccncn1. The fraction of sp³-hybridized carbons (Fsp3) is 0.714. The van der Waals surface area contributed by atoms with Crippen LogP contribution in [0.4, 0.5) is 0 Å². The van der Waals surface area contributed by atoms with Gasteiger partial charge in [-0.1, -0.05) is 26.2 Å². The Bertz CT molecular complexity index is 309. The molecule has 19 heavy (non-hydrogen) atoms. The minimum Gasteiger partial charge on any atom is -0.389 e. The number of unbranched alkanes of at least 4 members (excludes halogenated alkanes) is 3. The van der Waals surface area contributed by atoms with Gasteiger partial charge in [0.05, 0.1) is 18.4 Å². The fourth-order valence-corrected chi connectivity index (χ4v) is 1.70. The molecule has 0 aliphatic rings. The predicted octanol–water partition coefficient (Wildman–Crippen LogP) is 1.52. The molecule has 0 saturated heterocycles. The van der Waals surface area contributed by atoms with E-state index >= 15 is 0 Å². The summed E-state index contributed by atoms with van der Waals surface area (Å²) in [5.41, 5.74) is 0.919. The zero-order valence-electron chi connectivity index (χ0n) is 11.7. The zero-order valence-corrected chi connectivity index (χ0v) is 11.7. The Kier molecular flexibility index (Phi) is 9.14. The monoisotopic (exact) mass is 267 g/mol. The number of aliphatic hydroxyl groups excluding tert-OH is 1. The average molecular weight is 267 g/mol. The molecule has 0 fully saturated rings. The predicted molar refractivity (Wildman–Crippen MR) is 74.7 cm³/mol. The van der Waals surface area contributed by atoms with E-state index in [-0.39, 0.29) is 0 Å². The third-order valence-corrected chi connectivity index (χ3v) is 2.78. The number of nitrogens with zero attached hydrogens (tertiary/aromatic N) is 2. The van der Waals surface area contributed by atoms with Gasteiger partial charge in [0.1, 0.15) is 6.33 Å². The van der Waals surface area contributed by atoms with Crippen LogP contribution in [0.15, 0.2) is 18.6 Å². The summed E-state index contributed by atoms with van der Waals surface area (Å²) in [6.45, 7) is 4.47. The molecule has 0 bridgehead atoms. The Morgan fingerprint density at radius 2 is 2.26 bits per heavy atom. The lowest BCUT2D eigenvalue weighted by Crippen LogP contribution is -2.30. The Morgan fingerprint density at radius 3 is 3.00 bits per heavy atom. The van der Waals surface area contributed by atoms with E-state index in [0.717, 1.165) is 18.7 Å². The van der Waals surface area contributed by atoms with Crippen LogP contribution < -0.4 is 5.32 Å². The first-order valence-corrected chi connectivity index (χ1v) is 7.04. The molecule has 1 aromatic heterocycles. The van der Waals surface area contributed by atoms with Crippen LogP contribution in [0.2, 0.25) is 0 Å². The lowest BCUT2D eigenvalue weighted by molar-refractivity contribution is 0.0353. The summed E-state index contributed by atoms with van der Waals surface area (Å²) in [6, 6.07) is 1.85. The summed E-state index contributed by atoms with van der Waals surface area (Å²) in [4.78, 5) is 7.94. The van der Waals surface area contributed by atoms with Crippen LogP contribution in [0.3, 0.4) is 0 Å². The molecule has 1 unspecified atom stereocenters. The van der Waals surface area contributed by atoms with Crippen molar-refractivity contribution in [2.45, 2.75) is 45.3 Å². The standard InChI is InChI=1S/C14H25N3O2/c1-2-3-4-5-8-19-11-14(18)10-16-9-13-6-7-15-12-17-13/h6-7,12,14,16,18H,2-5,8-11H2,1H3. The first-order chi connectivity index (χ1) is 9.33. The number of ether oxygens (including phenoxy) is 1. The number of aliphatic hydroxyl groups is 1. The molecule has 0 aliphatic heterocycles. The maximum absolute atomic E-state index is 9.71. The smallest absolute Gasteiger partial charge is 0.115 e. The van der Waals surface area contributed by atoms with Crippen molar-refractivity contribution in [2.24, 2.45) is 0 Å². The van der Waals surface area contributed by atoms with E-state index in [1.165, 1.54) is 25.6 Å². The highest BCUT2D eigenvalue weighted by atomic mass is 16.5. The van der Waals surface area contributed by atoms with Gasteiger partial charge in [-0.3, -0.25) is 0 Å². The first kappa shape index (κ1) is 16.0. The number of aromatic nitrogens is 2. The van der Waals surface area contributed by atoms with Crippen LogP contribution >= 0.6 is 0 Å². The number of rotatable bonds is 11. The molecule has 0 saturated carbocycles. The van der Waals surface area contributed by atoms with Crippen molar-refractivity contribution in [3.05, 3.63) is 24.3 Å². The van der Waals surface area contributed by atoms with Crippen molar-refractivity contribution < 1.29 is 9.84 Å². The number of hydrogen-bond donors (Lipinski definition) is 2. The number of nitrogens with one attached hydrogen (secondary N) is 1. The Hall–Kier alpha value is -1.04. The molecule has 0 spiro atoms. The van der Waals surface area contributed by atoms with Crippen molar-refractivity contribution in [3.8, 4) is 0 Å². The lowest BCUT2D eigenvalue weighted by atomic mass is 10.2. The normalized spacial score (nSPS) is 12.5. The molecule has 0 amide bonds. The Balaban J connectivity index is 1.94. The molecule has 2 N–H and O–H groups in total. The molecule has 0 aliphatic carbocycles. The Labute approximate surface area is 115 Å². The summed E-state index contributed by atoms with van der Waals surface area (Å²) in [5, 5.41) is 12.9. The minimum atomic E-state index is -0.465.